The molecular formula is C12H19FN2O3S. The highest BCUT2D eigenvalue weighted by molar-refractivity contribution is 7.89. The van der Waals surface area contributed by atoms with E-state index in [4.69, 9.17) is 10.5 Å². The summed E-state index contributed by atoms with van der Waals surface area (Å²) >= 11 is 0. The summed E-state index contributed by atoms with van der Waals surface area (Å²) in [5.74, 6) is -0.632. The number of sulfonamides is 1. The van der Waals surface area contributed by atoms with Gasteiger partial charge in [-0.2, -0.15) is 0 Å². The van der Waals surface area contributed by atoms with Crippen molar-refractivity contribution in [2.24, 2.45) is 0 Å². The second kappa shape index (κ2) is 5.44. The molecular weight excluding hydrogens is 271 g/mol. The van der Waals surface area contributed by atoms with Gasteiger partial charge in [0, 0.05) is 7.11 Å². The van der Waals surface area contributed by atoms with Gasteiger partial charge in [-0.1, -0.05) is 0 Å². The van der Waals surface area contributed by atoms with Crippen LogP contribution in [-0.2, 0) is 14.8 Å². The minimum absolute atomic E-state index is 0.0319. The first kappa shape index (κ1) is 15.9. The lowest BCUT2D eigenvalue weighted by atomic mass is 10.1. The molecule has 3 N–H and O–H groups in total. The van der Waals surface area contributed by atoms with Gasteiger partial charge in [0.2, 0.25) is 10.0 Å². The Balaban J connectivity index is 3.18. The Labute approximate surface area is 113 Å². The van der Waals surface area contributed by atoms with Gasteiger partial charge in [0.1, 0.15) is 5.82 Å². The fourth-order valence-corrected chi connectivity index (χ4v) is 3.43. The normalized spacial score (nSPS) is 12.7. The molecule has 0 amide bonds. The molecule has 108 valence electrons. The lowest BCUT2D eigenvalue weighted by Gasteiger charge is -2.25. The van der Waals surface area contributed by atoms with Crippen LogP contribution in [0.25, 0.3) is 0 Å². The molecule has 0 aliphatic heterocycles. The van der Waals surface area contributed by atoms with Gasteiger partial charge in [0.25, 0.3) is 0 Å². The van der Waals surface area contributed by atoms with E-state index in [0.29, 0.717) is 5.56 Å². The Morgan fingerprint density at radius 2 is 2.00 bits per heavy atom. The molecule has 0 aliphatic rings. The molecule has 0 aromatic heterocycles. The Morgan fingerprint density at radius 1 is 1.42 bits per heavy atom. The van der Waals surface area contributed by atoms with E-state index in [1.165, 1.54) is 14.0 Å². The van der Waals surface area contributed by atoms with E-state index in [2.05, 4.69) is 4.72 Å². The van der Waals surface area contributed by atoms with Gasteiger partial charge in [-0.25, -0.2) is 17.5 Å². The van der Waals surface area contributed by atoms with Crippen molar-refractivity contribution >= 4 is 15.7 Å². The zero-order valence-electron chi connectivity index (χ0n) is 11.5. The monoisotopic (exact) mass is 290 g/mol. The van der Waals surface area contributed by atoms with Crippen LogP contribution in [-0.4, -0.2) is 27.7 Å². The van der Waals surface area contributed by atoms with Crippen LogP contribution in [0.15, 0.2) is 17.0 Å². The smallest absolute Gasteiger partial charge is 0.241 e. The molecule has 1 rings (SSSR count). The Kier molecular flexibility index (Phi) is 4.54. The number of nitrogen functional groups attached to an aromatic ring is 1. The highest BCUT2D eigenvalue weighted by Gasteiger charge is 2.27. The van der Waals surface area contributed by atoms with Crippen molar-refractivity contribution in [1.29, 1.82) is 0 Å². The molecule has 1 aromatic carbocycles. The third-order valence-corrected chi connectivity index (χ3v) is 4.34. The van der Waals surface area contributed by atoms with Gasteiger partial charge in [-0.05, 0) is 38.5 Å². The number of benzene rings is 1. The molecule has 5 nitrogen and oxygen atoms in total. The number of nitrogens with one attached hydrogen (secondary N) is 1. The fourth-order valence-electron chi connectivity index (χ4n) is 1.77. The number of nitrogens with two attached hydrogens (primary N) is 1. The summed E-state index contributed by atoms with van der Waals surface area (Å²) in [7, 11) is -2.30. The predicted octanol–water partition coefficient (Wildman–Crippen LogP) is 1.42. The number of methoxy groups -OCH3 is 1. The lowest BCUT2D eigenvalue weighted by molar-refractivity contribution is 0.141. The topological polar surface area (TPSA) is 81.4 Å². The Hall–Kier alpha value is -1.18. The third-order valence-electron chi connectivity index (χ3n) is 2.50. The minimum Gasteiger partial charge on any atom is -0.396 e. The summed E-state index contributed by atoms with van der Waals surface area (Å²) in [6, 6.07) is 2.23. The summed E-state index contributed by atoms with van der Waals surface area (Å²) in [4.78, 5) is -0.0319. The van der Waals surface area contributed by atoms with Crippen molar-refractivity contribution in [1.82, 2.24) is 4.72 Å². The molecule has 0 fully saturated rings. The summed E-state index contributed by atoms with van der Waals surface area (Å²) in [6.45, 7) is 5.11. The van der Waals surface area contributed by atoms with Crippen LogP contribution in [0, 0.1) is 12.7 Å². The van der Waals surface area contributed by atoms with Crippen molar-refractivity contribution in [3.63, 3.8) is 0 Å². The zero-order valence-corrected chi connectivity index (χ0v) is 12.3. The van der Waals surface area contributed by atoms with Gasteiger partial charge in [-0.3, -0.25) is 0 Å². The van der Waals surface area contributed by atoms with Gasteiger partial charge in [0.05, 0.1) is 22.7 Å². The number of aryl methyl sites for hydroxylation is 1. The largest absolute Gasteiger partial charge is 0.396 e. The maximum Gasteiger partial charge on any atom is 0.241 e. The molecule has 0 radical (unpaired) electrons. The first-order valence-electron chi connectivity index (χ1n) is 5.67. The van der Waals surface area contributed by atoms with Crippen molar-refractivity contribution in [3.05, 3.63) is 23.5 Å². The van der Waals surface area contributed by atoms with E-state index in [0.717, 1.165) is 12.1 Å². The van der Waals surface area contributed by atoms with E-state index < -0.39 is 21.4 Å². The average Bonchev–Trinajstić information content (AvgIpc) is 2.21. The molecule has 7 heteroatoms. The molecule has 1 aromatic rings. The van der Waals surface area contributed by atoms with E-state index in [1.807, 2.05) is 0 Å². The predicted molar refractivity (Wildman–Crippen MR) is 71.8 cm³/mol. The maximum atomic E-state index is 13.2. The van der Waals surface area contributed by atoms with E-state index in [-0.39, 0.29) is 17.2 Å². The first-order valence-corrected chi connectivity index (χ1v) is 7.16. The number of rotatable bonds is 5. The van der Waals surface area contributed by atoms with Crippen molar-refractivity contribution in [2.75, 3.05) is 19.5 Å². The van der Waals surface area contributed by atoms with Crippen molar-refractivity contribution < 1.29 is 17.5 Å². The third kappa shape index (κ3) is 3.89. The van der Waals surface area contributed by atoms with Crippen LogP contribution < -0.4 is 10.5 Å². The number of ether oxygens (including phenoxy) is 1. The summed E-state index contributed by atoms with van der Waals surface area (Å²) < 4.78 is 45.2. The highest BCUT2D eigenvalue weighted by Crippen LogP contribution is 2.22. The van der Waals surface area contributed by atoms with Gasteiger partial charge < -0.3 is 10.5 Å². The molecule has 0 atom stereocenters. The zero-order chi connectivity index (χ0) is 14.8. The summed E-state index contributed by atoms with van der Waals surface area (Å²) in [5, 5.41) is 0. The second-order valence-corrected chi connectivity index (χ2v) is 6.71. The highest BCUT2D eigenvalue weighted by atomic mass is 32.2. The minimum atomic E-state index is -3.79. The van der Waals surface area contributed by atoms with Gasteiger partial charge >= 0.3 is 0 Å². The van der Waals surface area contributed by atoms with Crippen molar-refractivity contribution in [2.45, 2.75) is 31.2 Å². The van der Waals surface area contributed by atoms with E-state index in [9.17, 15) is 12.8 Å². The number of hydrogen-bond donors (Lipinski definition) is 2. The molecule has 0 bridgehead atoms. The van der Waals surface area contributed by atoms with Crippen LogP contribution in [0.2, 0.25) is 0 Å². The van der Waals surface area contributed by atoms with Gasteiger partial charge in [-0.15, -0.1) is 0 Å². The second-order valence-electron chi connectivity index (χ2n) is 5.06. The van der Waals surface area contributed by atoms with Crippen LogP contribution in [0.4, 0.5) is 10.1 Å². The maximum absolute atomic E-state index is 13.2. The van der Waals surface area contributed by atoms with Crippen LogP contribution >= 0.6 is 0 Å². The van der Waals surface area contributed by atoms with Gasteiger partial charge in [0.15, 0.2) is 0 Å². The lowest BCUT2D eigenvalue weighted by Crippen LogP contribution is -2.46. The van der Waals surface area contributed by atoms with E-state index >= 15 is 0 Å². The summed E-state index contributed by atoms with van der Waals surface area (Å²) in [6.07, 6.45) is 0. The Morgan fingerprint density at radius 3 is 2.53 bits per heavy atom. The average molecular weight is 290 g/mol. The quantitative estimate of drug-likeness (QED) is 0.804. The molecule has 0 saturated carbocycles. The number of halogens is 1. The van der Waals surface area contributed by atoms with Crippen LogP contribution in [0.3, 0.4) is 0 Å². The molecule has 0 saturated heterocycles. The molecule has 0 heterocycles. The van der Waals surface area contributed by atoms with Crippen molar-refractivity contribution in [3.8, 4) is 0 Å². The molecule has 0 spiro atoms. The SMILES string of the molecule is COCC(C)(C)NS(=O)(=O)c1cc(N)c(F)cc1C. The standard InChI is InChI=1S/C12H19FN2O3S/c1-8-5-9(13)10(14)6-11(8)19(16,17)15-12(2,3)7-18-4/h5-6,15H,7,14H2,1-4H3. The first-order chi connectivity index (χ1) is 8.59. The van der Waals surface area contributed by atoms with Crippen LogP contribution in [0.5, 0.6) is 0 Å². The van der Waals surface area contributed by atoms with E-state index in [1.54, 1.807) is 13.8 Å². The Bertz CT molecular complexity index is 571. The molecule has 19 heavy (non-hydrogen) atoms. The van der Waals surface area contributed by atoms with Crippen LogP contribution in [0.1, 0.15) is 19.4 Å². The number of anilines is 1. The number of hydrogen-bond acceptors (Lipinski definition) is 4. The summed E-state index contributed by atoms with van der Waals surface area (Å²) in [5.41, 5.74) is 4.74. The molecule has 0 unspecified atom stereocenters. The molecule has 0 aliphatic carbocycles. The fraction of sp³-hybridized carbons (Fsp3) is 0.500.